The van der Waals surface area contributed by atoms with Crippen LogP contribution in [0.1, 0.15) is 75.8 Å². The Morgan fingerprint density at radius 2 is 1.00 bits per heavy atom. The van der Waals surface area contributed by atoms with Crippen LogP contribution in [0.4, 0.5) is 0 Å². The third kappa shape index (κ3) is 15.9. The number of unbranched alkanes of at least 4 members (excludes halogenated alkanes) is 1. The van der Waals surface area contributed by atoms with E-state index in [9.17, 15) is 93.9 Å². The SMILES string of the molecule is C[C@@H](O)[C@H](NC(=O)[C@@H]1C[C@@H](O)CN1C(=O)[C@@H]1C[C@@H](O)CN1C(=O)[C@@H]1C[C@@H](O)CN1C(=O)[C@H](Cc1ccc(O)cc1)NC(=O)[C@H](CO)NC(=O)[C@@H]1CCCN1C(=O)[C@@H](N)CCCCN)C(=O)N[C@@H](Cc1ccc(O)cc1)C(=O)N1C[C@H](O)C[C@H]1C(=O)O. The Bertz CT molecular complexity index is 2800. The number of carboxylic acid groups (broad SMARTS) is 1. The zero-order chi connectivity index (χ0) is 62.8. The van der Waals surface area contributed by atoms with Gasteiger partial charge in [0.05, 0.1) is 43.2 Å². The molecule has 7 rings (SSSR count). The first-order chi connectivity index (χ1) is 40.8. The summed E-state index contributed by atoms with van der Waals surface area (Å²) in [6.07, 6.45) is -6.79. The summed E-state index contributed by atoms with van der Waals surface area (Å²) in [5, 5.41) is 104. The van der Waals surface area contributed by atoms with Gasteiger partial charge in [0, 0.05) is 71.2 Å². The number of amides is 9. The van der Waals surface area contributed by atoms with Crippen LogP contribution in [0.5, 0.6) is 11.5 Å². The fourth-order valence-corrected chi connectivity index (χ4v) is 11.9. The van der Waals surface area contributed by atoms with Gasteiger partial charge in [0.1, 0.15) is 65.9 Å². The highest BCUT2D eigenvalue weighted by Crippen LogP contribution is 2.31. The van der Waals surface area contributed by atoms with E-state index in [1.807, 2.05) is 0 Å². The van der Waals surface area contributed by atoms with Gasteiger partial charge in [-0.25, -0.2) is 4.79 Å². The molecule has 0 aliphatic carbocycles. The smallest absolute Gasteiger partial charge is 0.326 e. The Hall–Kier alpha value is -7.58. The number of aromatic hydroxyl groups is 2. The van der Waals surface area contributed by atoms with Gasteiger partial charge in [-0.2, -0.15) is 0 Å². The topological polar surface area (TPSA) is 469 Å². The van der Waals surface area contributed by atoms with Crippen LogP contribution in [0.25, 0.3) is 0 Å². The highest BCUT2D eigenvalue weighted by atomic mass is 16.4. The standard InChI is InChI=1S/C56H79N11O19/c1-28(69)46(50(79)60-39(18-30-9-13-32(71)14-10-30)53(82)67-26-36(75)22-45(67)56(85)86)62-49(78)42-19-33(72)23-64(42)54(83)44-21-35(74)25-66(44)55(84)43-20-34(73)24-65(43)52(81)38(17-29-7-11-31(70)12-8-29)59-47(76)40(27-68)61-48(77)41-6-4-16-63(41)51(80)37(58)5-2-3-15-57/h7-14,28,33-46,68-75H,2-6,15-27,57-58H2,1H3,(H,59,76)(H,60,79)(H,61,77)(H,62,78)(H,85,86)/t28-,33-,34-,35-,36-,37+,38+,39+,40+,41+,42+,43+,44+,45+,46+/m1/s1. The average molecular weight is 1210 g/mol. The lowest BCUT2D eigenvalue weighted by Gasteiger charge is -2.35. The number of aliphatic hydroxyl groups excluding tert-OH is 6. The molecule has 5 aliphatic heterocycles. The number of benzene rings is 2. The molecule has 86 heavy (non-hydrogen) atoms. The van der Waals surface area contributed by atoms with Crippen LogP contribution in [-0.4, -0.2) is 266 Å². The molecule has 0 spiro atoms. The highest BCUT2D eigenvalue weighted by Gasteiger charge is 2.52. The van der Waals surface area contributed by atoms with Crippen LogP contribution in [0.3, 0.4) is 0 Å². The zero-order valence-electron chi connectivity index (χ0n) is 47.5. The van der Waals surface area contributed by atoms with E-state index in [2.05, 4.69) is 21.3 Å². The Morgan fingerprint density at radius 1 is 0.558 bits per heavy atom. The number of likely N-dealkylation sites (tertiary alicyclic amines) is 5. The number of nitrogens with two attached hydrogens (primary N) is 2. The lowest BCUT2D eigenvalue weighted by molar-refractivity contribution is -0.151. The van der Waals surface area contributed by atoms with Gasteiger partial charge in [-0.1, -0.05) is 30.7 Å². The summed E-state index contributed by atoms with van der Waals surface area (Å²) in [6.45, 7) is -1.04. The molecule has 0 radical (unpaired) electrons. The summed E-state index contributed by atoms with van der Waals surface area (Å²) < 4.78 is 0. The van der Waals surface area contributed by atoms with Crippen molar-refractivity contribution in [2.24, 2.45) is 11.5 Å². The van der Waals surface area contributed by atoms with Crippen molar-refractivity contribution in [3.05, 3.63) is 59.7 Å². The lowest BCUT2D eigenvalue weighted by Crippen LogP contribution is -2.61. The fraction of sp³-hybridized carbons (Fsp3) is 0.607. The second-order valence-electron chi connectivity index (χ2n) is 22.8. The van der Waals surface area contributed by atoms with Gasteiger partial charge in [-0.15, -0.1) is 0 Å². The number of nitrogens with one attached hydrogen (secondary N) is 4. The molecule has 5 heterocycles. The number of hydrogen-bond acceptors (Lipinski definition) is 20. The minimum absolute atomic E-state index is 0.121. The predicted molar refractivity (Wildman–Crippen MR) is 298 cm³/mol. The maximum absolute atomic E-state index is 14.8. The van der Waals surface area contributed by atoms with Crippen molar-refractivity contribution in [3.8, 4) is 11.5 Å². The molecule has 30 heteroatoms. The maximum Gasteiger partial charge on any atom is 0.326 e. The van der Waals surface area contributed by atoms with E-state index in [1.165, 1.54) is 53.4 Å². The van der Waals surface area contributed by atoms with E-state index in [1.54, 1.807) is 0 Å². The number of carbonyl (C=O) groups excluding carboxylic acids is 9. The van der Waals surface area contributed by atoms with Crippen molar-refractivity contribution >= 4 is 59.1 Å². The molecule has 17 N–H and O–H groups in total. The van der Waals surface area contributed by atoms with E-state index in [-0.39, 0.29) is 50.3 Å². The molecule has 2 aromatic carbocycles. The Labute approximate surface area is 494 Å². The van der Waals surface area contributed by atoms with Crippen molar-refractivity contribution in [1.82, 2.24) is 45.8 Å². The molecule has 2 aromatic rings. The van der Waals surface area contributed by atoms with Crippen LogP contribution in [0.2, 0.25) is 0 Å². The average Bonchev–Trinajstić information content (AvgIpc) is 1.85. The third-order valence-electron chi connectivity index (χ3n) is 16.4. The van der Waals surface area contributed by atoms with Gasteiger partial charge < -0.3 is 103 Å². The summed E-state index contributed by atoms with van der Waals surface area (Å²) in [6, 6.07) is -3.69. The number of hydrogen-bond donors (Lipinski definition) is 15. The van der Waals surface area contributed by atoms with Crippen LogP contribution in [0.15, 0.2) is 48.5 Å². The number of phenolic OH excluding ortho intramolecular Hbond substituents is 2. The molecule has 5 saturated heterocycles. The second kappa shape index (κ2) is 29.2. The second-order valence-corrected chi connectivity index (χ2v) is 22.8. The van der Waals surface area contributed by atoms with Crippen molar-refractivity contribution in [2.45, 2.75) is 168 Å². The highest BCUT2D eigenvalue weighted by molar-refractivity contribution is 5.99. The quantitative estimate of drug-likeness (QED) is 0.0435. The van der Waals surface area contributed by atoms with Gasteiger partial charge in [0.2, 0.25) is 53.2 Å². The summed E-state index contributed by atoms with van der Waals surface area (Å²) in [4.78, 5) is 145. The van der Waals surface area contributed by atoms with Crippen LogP contribution in [0, 0.1) is 0 Å². The summed E-state index contributed by atoms with van der Waals surface area (Å²) >= 11 is 0. The molecule has 30 nitrogen and oxygen atoms in total. The molecule has 0 unspecified atom stereocenters. The molecule has 472 valence electrons. The van der Waals surface area contributed by atoms with E-state index < -0.39 is 196 Å². The van der Waals surface area contributed by atoms with E-state index in [4.69, 9.17) is 11.5 Å². The predicted octanol–water partition coefficient (Wildman–Crippen LogP) is -6.43. The monoisotopic (exact) mass is 1210 g/mol. The van der Waals surface area contributed by atoms with Crippen molar-refractivity contribution in [1.29, 1.82) is 0 Å². The van der Waals surface area contributed by atoms with Gasteiger partial charge in [-0.05, 0) is 74.5 Å². The normalized spacial score (nSPS) is 25.9. The van der Waals surface area contributed by atoms with E-state index in [0.717, 1.165) is 26.5 Å². The number of nitrogens with zero attached hydrogens (tertiary/aromatic N) is 5. The Balaban J connectivity index is 1.06. The minimum atomic E-state index is -1.85. The number of β-amino-alcohol motifs (C(OH)–C–C–N with tert-alkyl or cyclic N) is 4. The van der Waals surface area contributed by atoms with Gasteiger partial charge in [-0.3, -0.25) is 43.2 Å². The fourth-order valence-electron chi connectivity index (χ4n) is 11.9. The molecule has 0 bridgehead atoms. The molecule has 9 amide bonds. The van der Waals surface area contributed by atoms with Gasteiger partial charge in [0.25, 0.3) is 0 Å². The first-order valence-electron chi connectivity index (χ1n) is 28.8. The van der Waals surface area contributed by atoms with Crippen LogP contribution in [-0.2, 0) is 60.8 Å². The lowest BCUT2D eigenvalue weighted by atomic mass is 10.0. The number of rotatable bonds is 24. The Morgan fingerprint density at radius 3 is 1.49 bits per heavy atom. The largest absolute Gasteiger partial charge is 0.508 e. The summed E-state index contributed by atoms with van der Waals surface area (Å²) in [5.41, 5.74) is 12.5. The van der Waals surface area contributed by atoms with Crippen LogP contribution >= 0.6 is 0 Å². The number of aliphatic carboxylic acids is 1. The van der Waals surface area contributed by atoms with Gasteiger partial charge in [0.15, 0.2) is 0 Å². The van der Waals surface area contributed by atoms with Crippen molar-refractivity contribution in [3.63, 3.8) is 0 Å². The molecular weight excluding hydrogens is 1130 g/mol. The number of phenols is 2. The number of carboxylic acids is 1. The zero-order valence-corrected chi connectivity index (χ0v) is 47.5. The summed E-state index contributed by atoms with van der Waals surface area (Å²) in [5.74, 6) is -9.91. The molecular formula is C56H79N11O19. The van der Waals surface area contributed by atoms with Gasteiger partial charge >= 0.3 is 5.97 Å². The number of carbonyl (C=O) groups is 10. The molecule has 15 atom stereocenters. The molecule has 0 saturated carbocycles. The summed E-state index contributed by atoms with van der Waals surface area (Å²) in [7, 11) is 0. The third-order valence-corrected chi connectivity index (χ3v) is 16.4. The first kappa shape index (κ1) is 66.0. The first-order valence-corrected chi connectivity index (χ1v) is 28.8. The molecule has 0 aromatic heterocycles. The van der Waals surface area contributed by atoms with Crippen LogP contribution < -0.4 is 32.7 Å². The molecule has 5 fully saturated rings. The maximum atomic E-state index is 14.8. The number of aliphatic hydroxyl groups is 6. The Kier molecular flexibility index (Phi) is 22.4. The molecule has 5 aliphatic rings. The van der Waals surface area contributed by atoms with Crippen molar-refractivity contribution < 1.29 is 93.9 Å². The van der Waals surface area contributed by atoms with Crippen molar-refractivity contribution in [2.75, 3.05) is 45.9 Å². The van der Waals surface area contributed by atoms with E-state index in [0.29, 0.717) is 43.4 Å². The van der Waals surface area contributed by atoms with E-state index >= 15 is 0 Å². The minimum Gasteiger partial charge on any atom is -0.508 e.